The second-order valence-electron chi connectivity index (χ2n) is 6.26. The summed E-state index contributed by atoms with van der Waals surface area (Å²) < 4.78 is 16.8. The number of hydrogen-bond acceptors (Lipinski definition) is 6. The molecule has 0 radical (unpaired) electrons. The molecule has 1 aliphatic heterocycles. The van der Waals surface area contributed by atoms with Gasteiger partial charge in [-0.05, 0) is 18.2 Å². The fourth-order valence-electron chi connectivity index (χ4n) is 3.18. The van der Waals surface area contributed by atoms with Gasteiger partial charge in [0.25, 0.3) is 5.91 Å². The van der Waals surface area contributed by atoms with E-state index >= 15 is 0 Å². The Morgan fingerprint density at radius 3 is 3.07 bits per heavy atom. The Bertz CT molecular complexity index is 1040. The van der Waals surface area contributed by atoms with Crippen molar-refractivity contribution < 1.29 is 18.7 Å². The lowest BCUT2D eigenvalue weighted by Crippen LogP contribution is -2.30. The zero-order chi connectivity index (χ0) is 18.8. The van der Waals surface area contributed by atoms with Crippen LogP contribution in [-0.4, -0.2) is 42.1 Å². The standard InChI is InChI=1S/C20H17N3O4/c1-25-16-4-2-3-14-10-17(27-19(14)16)20(24)23-8-6-15(12-23)26-18-9-13(11-21)5-7-22-18/h2-5,7,9-10,15H,6,8,12H2,1H3. The molecule has 3 heterocycles. The number of rotatable bonds is 4. The Kier molecular flexibility index (Phi) is 4.38. The van der Waals surface area contributed by atoms with Crippen LogP contribution >= 0.6 is 0 Å². The maximum Gasteiger partial charge on any atom is 0.289 e. The van der Waals surface area contributed by atoms with Crippen LogP contribution in [0.5, 0.6) is 11.6 Å². The number of hydrogen-bond donors (Lipinski definition) is 0. The van der Waals surface area contributed by atoms with Gasteiger partial charge in [0, 0.05) is 30.6 Å². The van der Waals surface area contributed by atoms with E-state index in [0.29, 0.717) is 42.3 Å². The third-order valence-corrected chi connectivity index (χ3v) is 4.52. The summed E-state index contributed by atoms with van der Waals surface area (Å²) in [5.74, 6) is 1.08. The van der Waals surface area contributed by atoms with E-state index in [1.165, 1.54) is 6.20 Å². The molecule has 1 aliphatic rings. The van der Waals surface area contributed by atoms with E-state index in [4.69, 9.17) is 19.2 Å². The number of likely N-dealkylation sites (tertiary alicyclic amines) is 1. The van der Waals surface area contributed by atoms with Crippen LogP contribution in [0.15, 0.2) is 47.0 Å². The van der Waals surface area contributed by atoms with Gasteiger partial charge in [-0.25, -0.2) is 4.98 Å². The monoisotopic (exact) mass is 363 g/mol. The minimum Gasteiger partial charge on any atom is -0.493 e. The maximum absolute atomic E-state index is 12.8. The molecule has 1 saturated heterocycles. The molecule has 1 fully saturated rings. The first-order valence-electron chi connectivity index (χ1n) is 8.56. The molecule has 0 N–H and O–H groups in total. The number of furan rings is 1. The number of aromatic nitrogens is 1. The third kappa shape index (κ3) is 3.29. The molecular formula is C20H17N3O4. The first-order valence-corrected chi connectivity index (χ1v) is 8.56. The zero-order valence-electron chi connectivity index (χ0n) is 14.7. The number of methoxy groups -OCH3 is 1. The van der Waals surface area contributed by atoms with Gasteiger partial charge >= 0.3 is 0 Å². The van der Waals surface area contributed by atoms with Gasteiger partial charge in [-0.3, -0.25) is 4.79 Å². The van der Waals surface area contributed by atoms with Crippen LogP contribution < -0.4 is 9.47 Å². The number of benzene rings is 1. The van der Waals surface area contributed by atoms with Crippen molar-refractivity contribution in [3.63, 3.8) is 0 Å². The SMILES string of the molecule is COc1cccc2cc(C(=O)N3CCC(Oc4cc(C#N)ccn4)C3)oc12. The number of carbonyl (C=O) groups excluding carboxylic acids is 1. The fourth-order valence-corrected chi connectivity index (χ4v) is 3.18. The van der Waals surface area contributed by atoms with Gasteiger partial charge in [0.05, 0.1) is 25.3 Å². The van der Waals surface area contributed by atoms with Gasteiger partial charge in [0.15, 0.2) is 17.1 Å². The van der Waals surface area contributed by atoms with Gasteiger partial charge in [0.2, 0.25) is 5.88 Å². The lowest BCUT2D eigenvalue weighted by Gasteiger charge is -2.15. The molecule has 7 nitrogen and oxygen atoms in total. The minimum absolute atomic E-state index is 0.172. The number of nitrogens with zero attached hydrogens (tertiary/aromatic N) is 3. The van der Waals surface area contributed by atoms with Gasteiger partial charge in [-0.2, -0.15) is 5.26 Å². The predicted molar refractivity (Wildman–Crippen MR) is 96.7 cm³/mol. The van der Waals surface area contributed by atoms with Crippen molar-refractivity contribution in [1.82, 2.24) is 9.88 Å². The Balaban J connectivity index is 1.47. The molecule has 1 amide bonds. The van der Waals surface area contributed by atoms with Crippen molar-refractivity contribution >= 4 is 16.9 Å². The first-order chi connectivity index (χ1) is 13.2. The molecule has 136 valence electrons. The average Bonchev–Trinajstić information content (AvgIpc) is 3.34. The maximum atomic E-state index is 12.8. The molecule has 0 bridgehead atoms. The van der Waals surface area contributed by atoms with E-state index < -0.39 is 0 Å². The Hall–Kier alpha value is -3.53. The third-order valence-electron chi connectivity index (χ3n) is 4.52. The molecule has 2 aromatic heterocycles. The number of fused-ring (bicyclic) bond motifs is 1. The summed E-state index contributed by atoms with van der Waals surface area (Å²) in [5, 5.41) is 9.78. The van der Waals surface area contributed by atoms with E-state index in [2.05, 4.69) is 11.1 Å². The Morgan fingerprint density at radius 2 is 2.26 bits per heavy atom. The van der Waals surface area contributed by atoms with Crippen LogP contribution in [0.25, 0.3) is 11.0 Å². The molecule has 1 aromatic carbocycles. The van der Waals surface area contributed by atoms with E-state index in [1.54, 1.807) is 36.3 Å². The van der Waals surface area contributed by atoms with Crippen molar-refractivity contribution in [3.05, 3.63) is 53.9 Å². The quantitative estimate of drug-likeness (QED) is 0.708. The van der Waals surface area contributed by atoms with Crippen molar-refractivity contribution in [2.75, 3.05) is 20.2 Å². The van der Waals surface area contributed by atoms with Crippen LogP contribution in [0.2, 0.25) is 0 Å². The molecular weight excluding hydrogens is 346 g/mol. The highest BCUT2D eigenvalue weighted by molar-refractivity contribution is 5.97. The second kappa shape index (κ2) is 7.00. The molecule has 4 rings (SSSR count). The molecule has 0 spiro atoms. The summed E-state index contributed by atoms with van der Waals surface area (Å²) in [6.07, 6.45) is 2.05. The van der Waals surface area contributed by atoms with Crippen molar-refractivity contribution in [2.24, 2.45) is 0 Å². The predicted octanol–water partition coefficient (Wildman–Crippen LogP) is 3.00. The summed E-state index contributed by atoms with van der Waals surface area (Å²) in [7, 11) is 1.57. The van der Waals surface area contributed by atoms with Crippen LogP contribution in [0.3, 0.4) is 0 Å². The van der Waals surface area contributed by atoms with Crippen molar-refractivity contribution in [3.8, 4) is 17.7 Å². The number of pyridine rings is 1. The second-order valence-corrected chi connectivity index (χ2v) is 6.26. The Morgan fingerprint density at radius 1 is 1.37 bits per heavy atom. The van der Waals surface area contributed by atoms with Gasteiger partial charge in [-0.15, -0.1) is 0 Å². The van der Waals surface area contributed by atoms with Gasteiger partial charge in [0.1, 0.15) is 6.10 Å². The van der Waals surface area contributed by atoms with E-state index in [1.807, 2.05) is 12.1 Å². The molecule has 0 saturated carbocycles. The summed E-state index contributed by atoms with van der Waals surface area (Å²) in [4.78, 5) is 18.6. The van der Waals surface area contributed by atoms with E-state index in [9.17, 15) is 4.79 Å². The highest BCUT2D eigenvalue weighted by atomic mass is 16.5. The number of para-hydroxylation sites is 1. The minimum atomic E-state index is -0.182. The van der Waals surface area contributed by atoms with Gasteiger partial charge < -0.3 is 18.8 Å². The molecule has 27 heavy (non-hydrogen) atoms. The smallest absolute Gasteiger partial charge is 0.289 e. The number of amides is 1. The van der Waals surface area contributed by atoms with E-state index in [-0.39, 0.29) is 17.8 Å². The number of ether oxygens (including phenoxy) is 2. The number of nitriles is 1. The topological polar surface area (TPSA) is 88.6 Å². The fraction of sp³-hybridized carbons (Fsp3) is 0.250. The highest BCUT2D eigenvalue weighted by Crippen LogP contribution is 2.29. The summed E-state index contributed by atoms with van der Waals surface area (Å²) in [5.41, 5.74) is 1.05. The Labute approximate surface area is 155 Å². The lowest BCUT2D eigenvalue weighted by atomic mass is 10.2. The highest BCUT2D eigenvalue weighted by Gasteiger charge is 2.30. The molecule has 1 unspecified atom stereocenters. The molecule has 3 aromatic rings. The zero-order valence-corrected chi connectivity index (χ0v) is 14.7. The van der Waals surface area contributed by atoms with Gasteiger partial charge in [-0.1, -0.05) is 12.1 Å². The molecule has 7 heteroatoms. The summed E-state index contributed by atoms with van der Waals surface area (Å²) in [6, 6.07) is 12.5. The largest absolute Gasteiger partial charge is 0.493 e. The van der Waals surface area contributed by atoms with Crippen LogP contribution in [-0.2, 0) is 0 Å². The summed E-state index contributed by atoms with van der Waals surface area (Å²) >= 11 is 0. The van der Waals surface area contributed by atoms with Crippen molar-refractivity contribution in [1.29, 1.82) is 5.26 Å². The van der Waals surface area contributed by atoms with Crippen LogP contribution in [0.1, 0.15) is 22.5 Å². The first kappa shape index (κ1) is 16.9. The average molecular weight is 363 g/mol. The normalized spacial score (nSPS) is 16.3. The van der Waals surface area contributed by atoms with Crippen LogP contribution in [0, 0.1) is 11.3 Å². The molecule has 0 aliphatic carbocycles. The lowest BCUT2D eigenvalue weighted by molar-refractivity contribution is 0.0742. The number of carbonyl (C=O) groups is 1. The van der Waals surface area contributed by atoms with Crippen LogP contribution in [0.4, 0.5) is 0 Å². The summed E-state index contributed by atoms with van der Waals surface area (Å²) in [6.45, 7) is 1.00. The van der Waals surface area contributed by atoms with E-state index in [0.717, 1.165) is 5.39 Å². The molecule has 1 atom stereocenters. The van der Waals surface area contributed by atoms with Crippen molar-refractivity contribution in [2.45, 2.75) is 12.5 Å².